The van der Waals surface area contributed by atoms with Crippen molar-refractivity contribution >= 4 is 17.2 Å². The number of nitrogens with zero attached hydrogens (tertiary/aromatic N) is 2. The van der Waals surface area contributed by atoms with Crippen LogP contribution in [0.3, 0.4) is 0 Å². The van der Waals surface area contributed by atoms with Crippen molar-refractivity contribution in [2.45, 2.75) is 6.61 Å². The van der Waals surface area contributed by atoms with Crippen LogP contribution in [0, 0.1) is 0 Å². The van der Waals surface area contributed by atoms with Gasteiger partial charge in [-0.25, -0.2) is 4.98 Å². The molecule has 4 heteroatoms. The Hall–Kier alpha value is -1.84. The fourth-order valence-electron chi connectivity index (χ4n) is 1.95. The molecule has 18 heavy (non-hydrogen) atoms. The number of halogens is 1. The summed E-state index contributed by atoms with van der Waals surface area (Å²) in [5.74, 6) is 0. The van der Waals surface area contributed by atoms with E-state index in [4.69, 9.17) is 11.6 Å². The van der Waals surface area contributed by atoms with Crippen LogP contribution in [-0.4, -0.2) is 14.5 Å². The lowest BCUT2D eigenvalue weighted by molar-refractivity contribution is 0.282. The van der Waals surface area contributed by atoms with Gasteiger partial charge in [0, 0.05) is 28.5 Å². The average Bonchev–Trinajstić information content (AvgIpc) is 2.83. The van der Waals surface area contributed by atoms with Gasteiger partial charge in [0.2, 0.25) is 0 Å². The molecule has 1 N–H and O–H groups in total. The largest absolute Gasteiger partial charge is 0.392 e. The van der Waals surface area contributed by atoms with Crippen molar-refractivity contribution in [3.05, 3.63) is 59.4 Å². The molecule has 90 valence electrons. The summed E-state index contributed by atoms with van der Waals surface area (Å²) in [6, 6.07) is 11.3. The minimum atomic E-state index is -0.0125. The zero-order chi connectivity index (χ0) is 12.5. The molecular weight excluding hydrogens is 248 g/mol. The van der Waals surface area contributed by atoms with Crippen LogP contribution in [0.25, 0.3) is 16.9 Å². The highest BCUT2D eigenvalue weighted by Gasteiger charge is 2.07. The number of fused-ring (bicyclic) bond motifs is 1. The summed E-state index contributed by atoms with van der Waals surface area (Å²) in [6.45, 7) is -0.0125. The van der Waals surface area contributed by atoms with Crippen molar-refractivity contribution in [3.8, 4) is 11.3 Å². The first-order valence-corrected chi connectivity index (χ1v) is 5.99. The molecule has 2 aromatic heterocycles. The van der Waals surface area contributed by atoms with Crippen LogP contribution in [-0.2, 0) is 6.61 Å². The molecule has 0 unspecified atom stereocenters. The molecular formula is C14H11ClN2O. The zero-order valence-corrected chi connectivity index (χ0v) is 10.3. The van der Waals surface area contributed by atoms with Crippen molar-refractivity contribution in [3.63, 3.8) is 0 Å². The lowest BCUT2D eigenvalue weighted by atomic mass is 10.2. The second kappa shape index (κ2) is 4.44. The number of aliphatic hydroxyl groups excluding tert-OH is 1. The Bertz CT molecular complexity index is 689. The van der Waals surface area contributed by atoms with Gasteiger partial charge in [0.1, 0.15) is 5.65 Å². The fraction of sp³-hybridized carbons (Fsp3) is 0.0714. The summed E-state index contributed by atoms with van der Waals surface area (Å²) < 4.78 is 1.91. The van der Waals surface area contributed by atoms with Crippen molar-refractivity contribution in [2.75, 3.05) is 0 Å². The molecule has 0 spiro atoms. The molecule has 0 bridgehead atoms. The van der Waals surface area contributed by atoms with Crippen LogP contribution in [0.5, 0.6) is 0 Å². The predicted octanol–water partition coefficient (Wildman–Crippen LogP) is 3.15. The van der Waals surface area contributed by atoms with E-state index in [1.54, 1.807) is 0 Å². The molecule has 1 aromatic carbocycles. The molecule has 0 atom stereocenters. The van der Waals surface area contributed by atoms with Crippen molar-refractivity contribution in [1.82, 2.24) is 9.38 Å². The number of hydrogen-bond donors (Lipinski definition) is 1. The van der Waals surface area contributed by atoms with E-state index in [-0.39, 0.29) is 6.61 Å². The molecule has 0 fully saturated rings. The Labute approximate surface area is 109 Å². The van der Waals surface area contributed by atoms with Crippen LogP contribution >= 0.6 is 11.6 Å². The highest BCUT2D eigenvalue weighted by atomic mass is 35.5. The first-order chi connectivity index (χ1) is 8.78. The van der Waals surface area contributed by atoms with Gasteiger partial charge in [0.15, 0.2) is 0 Å². The fourth-order valence-corrected chi connectivity index (χ4v) is 2.08. The van der Waals surface area contributed by atoms with Gasteiger partial charge < -0.3 is 9.51 Å². The number of imidazole rings is 1. The van der Waals surface area contributed by atoms with Gasteiger partial charge >= 0.3 is 0 Å². The quantitative estimate of drug-likeness (QED) is 0.767. The van der Waals surface area contributed by atoms with Gasteiger partial charge in [-0.2, -0.15) is 0 Å². The van der Waals surface area contributed by atoms with Crippen molar-refractivity contribution in [1.29, 1.82) is 0 Å². The number of benzene rings is 1. The Balaban J connectivity index is 2.16. The monoisotopic (exact) mass is 258 g/mol. The lowest BCUT2D eigenvalue weighted by Crippen LogP contribution is -1.90. The van der Waals surface area contributed by atoms with Gasteiger partial charge in [0.05, 0.1) is 12.3 Å². The van der Waals surface area contributed by atoms with Gasteiger partial charge in [0.25, 0.3) is 0 Å². The van der Waals surface area contributed by atoms with E-state index < -0.39 is 0 Å². The zero-order valence-electron chi connectivity index (χ0n) is 9.55. The van der Waals surface area contributed by atoms with Gasteiger partial charge in [-0.3, -0.25) is 0 Å². The second-order valence-corrected chi connectivity index (χ2v) is 4.49. The summed E-state index contributed by atoms with van der Waals surface area (Å²) in [4.78, 5) is 4.54. The summed E-state index contributed by atoms with van der Waals surface area (Å²) in [5, 5.41) is 9.99. The van der Waals surface area contributed by atoms with Gasteiger partial charge in [-0.05, 0) is 18.2 Å². The normalized spacial score (nSPS) is 11.0. The minimum Gasteiger partial charge on any atom is -0.392 e. The number of rotatable bonds is 2. The molecule has 2 heterocycles. The third kappa shape index (κ3) is 1.88. The average molecular weight is 259 g/mol. The molecule has 0 aliphatic heterocycles. The number of pyridine rings is 1. The van der Waals surface area contributed by atoms with Crippen molar-refractivity contribution < 1.29 is 5.11 Å². The van der Waals surface area contributed by atoms with Crippen LogP contribution < -0.4 is 0 Å². The SMILES string of the molecule is OCc1cccn2cc(-c3ccc(Cl)cc3)nc12. The van der Waals surface area contributed by atoms with Crippen LogP contribution in [0.15, 0.2) is 48.8 Å². The Morgan fingerprint density at radius 3 is 2.67 bits per heavy atom. The van der Waals surface area contributed by atoms with Crippen LogP contribution in [0.2, 0.25) is 5.02 Å². The molecule has 0 aliphatic carbocycles. The molecule has 0 saturated heterocycles. The number of hydrogen-bond acceptors (Lipinski definition) is 2. The first kappa shape index (κ1) is 11.3. The van der Waals surface area contributed by atoms with E-state index >= 15 is 0 Å². The molecule has 0 aliphatic rings. The lowest BCUT2D eigenvalue weighted by Gasteiger charge is -1.97. The Kier molecular flexibility index (Phi) is 2.78. The molecule has 3 aromatic rings. The van der Waals surface area contributed by atoms with E-state index in [1.807, 2.05) is 53.2 Å². The van der Waals surface area contributed by atoms with E-state index in [0.717, 1.165) is 22.5 Å². The maximum atomic E-state index is 9.28. The van der Waals surface area contributed by atoms with E-state index in [0.29, 0.717) is 5.02 Å². The van der Waals surface area contributed by atoms with Crippen LogP contribution in [0.4, 0.5) is 0 Å². The first-order valence-electron chi connectivity index (χ1n) is 5.61. The summed E-state index contributed by atoms with van der Waals surface area (Å²) in [7, 11) is 0. The molecule has 0 saturated carbocycles. The van der Waals surface area contributed by atoms with Crippen LogP contribution in [0.1, 0.15) is 5.56 Å². The Morgan fingerprint density at radius 2 is 1.94 bits per heavy atom. The maximum Gasteiger partial charge on any atom is 0.142 e. The minimum absolute atomic E-state index is 0.0125. The highest BCUT2D eigenvalue weighted by Crippen LogP contribution is 2.22. The van der Waals surface area contributed by atoms with E-state index in [1.165, 1.54) is 0 Å². The smallest absolute Gasteiger partial charge is 0.142 e. The van der Waals surface area contributed by atoms with Gasteiger partial charge in [-0.1, -0.05) is 29.8 Å². The van der Waals surface area contributed by atoms with E-state index in [9.17, 15) is 5.11 Å². The molecule has 0 radical (unpaired) electrons. The molecule has 0 amide bonds. The Morgan fingerprint density at radius 1 is 1.17 bits per heavy atom. The summed E-state index contributed by atoms with van der Waals surface area (Å²) >= 11 is 5.87. The van der Waals surface area contributed by atoms with Gasteiger partial charge in [-0.15, -0.1) is 0 Å². The molecule has 3 nitrogen and oxygen atoms in total. The molecule has 3 rings (SSSR count). The van der Waals surface area contributed by atoms with E-state index in [2.05, 4.69) is 4.98 Å². The number of aliphatic hydroxyl groups is 1. The summed E-state index contributed by atoms with van der Waals surface area (Å²) in [6.07, 6.45) is 3.86. The number of aromatic nitrogens is 2. The third-order valence-corrected chi connectivity index (χ3v) is 3.13. The standard InChI is InChI=1S/C14H11ClN2O/c15-12-5-3-10(4-6-12)13-8-17-7-1-2-11(9-18)14(17)16-13/h1-8,18H,9H2. The maximum absolute atomic E-state index is 9.28. The highest BCUT2D eigenvalue weighted by molar-refractivity contribution is 6.30. The third-order valence-electron chi connectivity index (χ3n) is 2.87. The topological polar surface area (TPSA) is 37.5 Å². The van der Waals surface area contributed by atoms with Crippen molar-refractivity contribution in [2.24, 2.45) is 0 Å². The predicted molar refractivity (Wildman–Crippen MR) is 71.6 cm³/mol. The summed E-state index contributed by atoms with van der Waals surface area (Å²) in [5.41, 5.74) is 3.47. The second-order valence-electron chi connectivity index (χ2n) is 4.06.